The zero-order chi connectivity index (χ0) is 22.1. The number of benzene rings is 1. The number of carbonyl (C=O) groups excluding carboxylic acids is 1. The number of thioether (sulfide) groups is 1. The van der Waals surface area contributed by atoms with Gasteiger partial charge < -0.3 is 14.8 Å². The van der Waals surface area contributed by atoms with Gasteiger partial charge in [0.1, 0.15) is 4.70 Å². The highest BCUT2D eigenvalue weighted by Crippen LogP contribution is 2.36. The van der Waals surface area contributed by atoms with Crippen LogP contribution in [0, 0.1) is 0 Å². The molecule has 1 aliphatic heterocycles. The Balaban J connectivity index is 1.42. The van der Waals surface area contributed by atoms with Gasteiger partial charge in [-0.15, -0.1) is 11.3 Å². The van der Waals surface area contributed by atoms with E-state index in [9.17, 15) is 9.59 Å². The molecule has 7 nitrogen and oxygen atoms in total. The lowest BCUT2D eigenvalue weighted by atomic mass is 9.95. The molecule has 0 spiro atoms. The molecular weight excluding hydrogens is 446 g/mol. The maximum Gasteiger partial charge on any atom is 0.272 e. The first-order chi connectivity index (χ1) is 15.6. The monoisotopic (exact) mass is 471 g/mol. The Hall–Kier alpha value is -2.52. The summed E-state index contributed by atoms with van der Waals surface area (Å²) in [7, 11) is 0. The van der Waals surface area contributed by atoms with E-state index >= 15 is 0 Å². The lowest BCUT2D eigenvalue weighted by Gasteiger charge is -2.26. The summed E-state index contributed by atoms with van der Waals surface area (Å²) in [6.07, 6.45) is 6.01. The summed E-state index contributed by atoms with van der Waals surface area (Å²) in [5.41, 5.74) is 1.38. The number of amides is 1. The molecule has 2 aliphatic rings. The molecule has 0 bridgehead atoms. The average Bonchev–Trinajstić information content (AvgIpc) is 3.47. The SMILES string of the molecule is CC[C@@H](Sc1nc2ccsc2c(=O)n1C1CCCCC1)C(=O)Nc1ccc2c(c1)OCO2. The van der Waals surface area contributed by atoms with Crippen LogP contribution in [0.2, 0.25) is 0 Å². The van der Waals surface area contributed by atoms with Crippen LogP contribution in [0.3, 0.4) is 0 Å². The zero-order valence-electron chi connectivity index (χ0n) is 17.8. The van der Waals surface area contributed by atoms with E-state index < -0.39 is 0 Å². The predicted octanol–water partition coefficient (Wildman–Crippen LogP) is 5.20. The molecule has 1 amide bonds. The molecule has 1 saturated carbocycles. The molecule has 3 aromatic rings. The van der Waals surface area contributed by atoms with Gasteiger partial charge in [0.2, 0.25) is 12.7 Å². The number of nitrogens with one attached hydrogen (secondary N) is 1. The number of nitrogens with zero attached hydrogens (tertiary/aromatic N) is 2. The van der Waals surface area contributed by atoms with Crippen molar-refractivity contribution < 1.29 is 14.3 Å². The second-order valence-electron chi connectivity index (χ2n) is 8.07. The second-order valence-corrected chi connectivity index (χ2v) is 10.2. The van der Waals surface area contributed by atoms with Crippen LogP contribution in [-0.2, 0) is 4.79 Å². The van der Waals surface area contributed by atoms with Crippen LogP contribution in [0.15, 0.2) is 39.6 Å². The van der Waals surface area contributed by atoms with Crippen molar-refractivity contribution >= 4 is 44.9 Å². The Morgan fingerprint density at radius 1 is 1.25 bits per heavy atom. The lowest BCUT2D eigenvalue weighted by Crippen LogP contribution is -2.30. The topological polar surface area (TPSA) is 82.5 Å². The largest absolute Gasteiger partial charge is 0.454 e. The summed E-state index contributed by atoms with van der Waals surface area (Å²) in [5, 5.41) is 5.15. The molecule has 1 atom stereocenters. The third-order valence-corrected chi connectivity index (χ3v) is 8.19. The summed E-state index contributed by atoms with van der Waals surface area (Å²) >= 11 is 2.82. The highest BCUT2D eigenvalue weighted by Gasteiger charge is 2.27. The van der Waals surface area contributed by atoms with Crippen LogP contribution in [0.5, 0.6) is 11.5 Å². The molecule has 3 heterocycles. The Morgan fingerprint density at radius 3 is 2.88 bits per heavy atom. The Kier molecular flexibility index (Phi) is 6.10. The number of fused-ring (bicyclic) bond motifs is 2. The van der Waals surface area contributed by atoms with Gasteiger partial charge in [-0.1, -0.05) is 37.9 Å². The zero-order valence-corrected chi connectivity index (χ0v) is 19.5. The Labute approximate surface area is 194 Å². The van der Waals surface area contributed by atoms with Gasteiger partial charge in [0.05, 0.1) is 10.8 Å². The number of hydrogen-bond acceptors (Lipinski definition) is 7. The smallest absolute Gasteiger partial charge is 0.272 e. The van der Waals surface area contributed by atoms with Crippen molar-refractivity contribution in [2.24, 2.45) is 0 Å². The number of aromatic nitrogens is 2. The van der Waals surface area contributed by atoms with Gasteiger partial charge in [-0.3, -0.25) is 14.2 Å². The molecule has 1 aromatic carbocycles. The van der Waals surface area contributed by atoms with Crippen LogP contribution in [0.25, 0.3) is 10.2 Å². The lowest BCUT2D eigenvalue weighted by molar-refractivity contribution is -0.115. The minimum absolute atomic E-state index is 0.0189. The van der Waals surface area contributed by atoms with E-state index in [0.29, 0.717) is 39.0 Å². The number of thiophene rings is 1. The second kappa shape index (κ2) is 9.15. The Morgan fingerprint density at radius 2 is 2.06 bits per heavy atom. The number of rotatable bonds is 6. The number of ether oxygens (including phenoxy) is 2. The van der Waals surface area contributed by atoms with Crippen LogP contribution < -0.4 is 20.3 Å². The normalized spacial score (nSPS) is 16.9. The van der Waals surface area contributed by atoms with E-state index in [1.165, 1.54) is 29.5 Å². The molecule has 9 heteroatoms. The first-order valence-corrected chi connectivity index (χ1v) is 12.8. The van der Waals surface area contributed by atoms with E-state index in [0.717, 1.165) is 25.7 Å². The number of hydrogen-bond donors (Lipinski definition) is 1. The van der Waals surface area contributed by atoms with Crippen molar-refractivity contribution in [3.8, 4) is 11.5 Å². The summed E-state index contributed by atoms with van der Waals surface area (Å²) < 4.78 is 13.3. The minimum atomic E-state index is -0.377. The van der Waals surface area contributed by atoms with Gasteiger partial charge in [0.25, 0.3) is 5.56 Å². The third-order valence-electron chi connectivity index (χ3n) is 5.97. The number of anilines is 1. The molecule has 0 saturated heterocycles. The highest BCUT2D eigenvalue weighted by atomic mass is 32.2. The first kappa shape index (κ1) is 21.3. The van der Waals surface area contributed by atoms with E-state index in [4.69, 9.17) is 14.5 Å². The van der Waals surface area contributed by atoms with Gasteiger partial charge >= 0.3 is 0 Å². The average molecular weight is 472 g/mol. The molecule has 1 aliphatic carbocycles. The molecule has 0 radical (unpaired) electrons. The van der Waals surface area contributed by atoms with Gasteiger partial charge in [0, 0.05) is 17.8 Å². The minimum Gasteiger partial charge on any atom is -0.454 e. The molecule has 32 heavy (non-hydrogen) atoms. The molecule has 5 rings (SSSR count). The highest BCUT2D eigenvalue weighted by molar-refractivity contribution is 8.00. The molecular formula is C23H25N3O4S2. The van der Waals surface area contributed by atoms with Crippen molar-refractivity contribution in [3.05, 3.63) is 40.0 Å². The standard InChI is InChI=1S/C23H25N3O4S2/c1-2-19(21(27)24-14-8-9-17-18(12-14)30-13-29-17)32-23-25-16-10-11-31-20(16)22(28)26(23)15-6-4-3-5-7-15/h8-12,15,19H,2-7,13H2,1H3,(H,24,27)/t19-/m1/s1. The van der Waals surface area contributed by atoms with Crippen molar-refractivity contribution in [1.82, 2.24) is 9.55 Å². The first-order valence-electron chi connectivity index (χ1n) is 11.0. The summed E-state index contributed by atoms with van der Waals surface area (Å²) in [6, 6.07) is 7.39. The van der Waals surface area contributed by atoms with Gasteiger partial charge in [-0.2, -0.15) is 0 Å². The van der Waals surface area contributed by atoms with E-state index in [1.54, 1.807) is 18.2 Å². The third kappa shape index (κ3) is 4.11. The van der Waals surface area contributed by atoms with Crippen LogP contribution in [0.4, 0.5) is 5.69 Å². The van der Waals surface area contributed by atoms with Gasteiger partial charge in [-0.25, -0.2) is 4.98 Å². The predicted molar refractivity (Wildman–Crippen MR) is 127 cm³/mol. The van der Waals surface area contributed by atoms with E-state index in [2.05, 4.69) is 5.32 Å². The van der Waals surface area contributed by atoms with Crippen molar-refractivity contribution in [1.29, 1.82) is 0 Å². The fraction of sp³-hybridized carbons (Fsp3) is 0.435. The Bertz CT molecular complexity index is 1200. The van der Waals surface area contributed by atoms with Crippen molar-refractivity contribution in [2.45, 2.75) is 61.9 Å². The quantitative estimate of drug-likeness (QED) is 0.393. The molecule has 1 N–H and O–H groups in total. The molecule has 0 unspecified atom stereocenters. The maximum atomic E-state index is 13.3. The van der Waals surface area contributed by atoms with E-state index in [1.807, 2.05) is 22.9 Å². The fourth-order valence-electron chi connectivity index (χ4n) is 4.29. The summed E-state index contributed by atoms with van der Waals surface area (Å²) in [5.74, 6) is 1.18. The maximum absolute atomic E-state index is 13.3. The molecule has 168 valence electrons. The summed E-state index contributed by atoms with van der Waals surface area (Å²) in [6.45, 7) is 2.17. The van der Waals surface area contributed by atoms with Crippen molar-refractivity contribution in [3.63, 3.8) is 0 Å². The van der Waals surface area contributed by atoms with Crippen LogP contribution in [0.1, 0.15) is 51.5 Å². The molecule has 1 fully saturated rings. The van der Waals surface area contributed by atoms with Crippen LogP contribution >= 0.6 is 23.1 Å². The van der Waals surface area contributed by atoms with Crippen LogP contribution in [-0.4, -0.2) is 27.5 Å². The van der Waals surface area contributed by atoms with E-state index in [-0.39, 0.29) is 29.6 Å². The molecule has 2 aromatic heterocycles. The van der Waals surface area contributed by atoms with Gasteiger partial charge in [0.15, 0.2) is 16.7 Å². The fourth-order valence-corrected chi connectivity index (χ4v) is 6.15. The van der Waals surface area contributed by atoms with Crippen molar-refractivity contribution in [2.75, 3.05) is 12.1 Å². The summed E-state index contributed by atoms with van der Waals surface area (Å²) in [4.78, 5) is 31.3. The van der Waals surface area contributed by atoms with Gasteiger partial charge in [-0.05, 0) is 42.8 Å². The number of carbonyl (C=O) groups is 1.